The lowest BCUT2D eigenvalue weighted by Gasteiger charge is -2.17. The molecule has 1 saturated carbocycles. The fourth-order valence-corrected chi connectivity index (χ4v) is 1.43. The molecule has 0 heterocycles. The highest BCUT2D eigenvalue weighted by Gasteiger charge is 2.63. The maximum absolute atomic E-state index is 12.4. The molecule has 1 rings (SSSR count). The fraction of sp³-hybridized carbons (Fsp3) is 0.778. The molecule has 5 heteroatoms. The van der Waals surface area contributed by atoms with Gasteiger partial charge in [0.25, 0.3) is 0 Å². The minimum atomic E-state index is -4.31. The van der Waals surface area contributed by atoms with E-state index in [9.17, 15) is 22.8 Å². The monoisotopic (exact) mass is 208 g/mol. The SMILES string of the molecule is CC(=O)CC(=O)CC1(C(F)(F)F)CC1. The van der Waals surface area contributed by atoms with E-state index in [0.29, 0.717) is 0 Å². The molecular weight excluding hydrogens is 197 g/mol. The average Bonchev–Trinajstić information content (AvgIpc) is 2.64. The minimum absolute atomic E-state index is 0.0140. The van der Waals surface area contributed by atoms with E-state index in [1.54, 1.807) is 0 Å². The van der Waals surface area contributed by atoms with Crippen LogP contribution in [0, 0.1) is 5.41 Å². The molecule has 0 aliphatic heterocycles. The quantitative estimate of drug-likeness (QED) is 0.664. The highest BCUT2D eigenvalue weighted by molar-refractivity contribution is 5.98. The number of hydrogen-bond acceptors (Lipinski definition) is 2. The van der Waals surface area contributed by atoms with E-state index in [1.807, 2.05) is 0 Å². The molecule has 0 bridgehead atoms. The Morgan fingerprint density at radius 2 is 1.79 bits per heavy atom. The summed E-state index contributed by atoms with van der Waals surface area (Å²) in [6, 6.07) is 0. The summed E-state index contributed by atoms with van der Waals surface area (Å²) < 4.78 is 37.1. The average molecular weight is 208 g/mol. The van der Waals surface area contributed by atoms with Crippen LogP contribution in [0.15, 0.2) is 0 Å². The van der Waals surface area contributed by atoms with Crippen molar-refractivity contribution in [2.24, 2.45) is 5.41 Å². The molecule has 0 aromatic carbocycles. The second kappa shape index (κ2) is 3.37. The van der Waals surface area contributed by atoms with Gasteiger partial charge in [-0.1, -0.05) is 0 Å². The summed E-state index contributed by atoms with van der Waals surface area (Å²) in [5.41, 5.74) is -1.81. The predicted octanol–water partition coefficient (Wildman–Crippen LogP) is 2.27. The van der Waals surface area contributed by atoms with Gasteiger partial charge in [-0.25, -0.2) is 0 Å². The molecule has 0 atom stereocenters. The Labute approximate surface area is 79.5 Å². The third kappa shape index (κ3) is 2.33. The first-order valence-corrected chi connectivity index (χ1v) is 4.35. The second-order valence-electron chi connectivity index (χ2n) is 3.87. The molecule has 2 nitrogen and oxygen atoms in total. The molecule has 0 spiro atoms. The molecule has 0 aromatic heterocycles. The third-order valence-electron chi connectivity index (χ3n) is 2.44. The van der Waals surface area contributed by atoms with E-state index in [0.717, 1.165) is 0 Å². The Morgan fingerprint density at radius 1 is 1.29 bits per heavy atom. The fourth-order valence-electron chi connectivity index (χ4n) is 1.43. The normalized spacial score (nSPS) is 19.1. The van der Waals surface area contributed by atoms with E-state index in [1.165, 1.54) is 6.92 Å². The van der Waals surface area contributed by atoms with E-state index in [4.69, 9.17) is 0 Å². The van der Waals surface area contributed by atoms with Crippen molar-refractivity contribution >= 4 is 11.6 Å². The van der Waals surface area contributed by atoms with Gasteiger partial charge in [-0.3, -0.25) is 9.59 Å². The number of rotatable bonds is 4. The van der Waals surface area contributed by atoms with Crippen LogP contribution >= 0.6 is 0 Å². The first-order chi connectivity index (χ1) is 6.27. The molecule has 1 aliphatic rings. The van der Waals surface area contributed by atoms with E-state index < -0.39 is 23.8 Å². The Kier molecular flexibility index (Phi) is 2.69. The molecule has 0 N–H and O–H groups in total. The molecule has 0 amide bonds. The Balaban J connectivity index is 2.53. The van der Waals surface area contributed by atoms with Crippen molar-refractivity contribution in [1.82, 2.24) is 0 Å². The van der Waals surface area contributed by atoms with Crippen LogP contribution in [0.5, 0.6) is 0 Å². The van der Waals surface area contributed by atoms with Crippen molar-refractivity contribution in [2.75, 3.05) is 0 Å². The van der Waals surface area contributed by atoms with Gasteiger partial charge in [0.1, 0.15) is 11.6 Å². The zero-order valence-electron chi connectivity index (χ0n) is 7.78. The summed E-state index contributed by atoms with van der Waals surface area (Å²) >= 11 is 0. The predicted molar refractivity (Wildman–Crippen MR) is 42.6 cm³/mol. The van der Waals surface area contributed by atoms with Crippen LogP contribution in [0.4, 0.5) is 13.2 Å². The van der Waals surface area contributed by atoms with Gasteiger partial charge in [-0.15, -0.1) is 0 Å². The summed E-state index contributed by atoms with van der Waals surface area (Å²) in [5, 5.41) is 0. The Hall–Kier alpha value is -0.870. The number of carbonyl (C=O) groups is 2. The summed E-state index contributed by atoms with van der Waals surface area (Å²) in [7, 11) is 0. The Morgan fingerprint density at radius 3 is 2.07 bits per heavy atom. The van der Waals surface area contributed by atoms with Crippen LogP contribution in [0.2, 0.25) is 0 Å². The van der Waals surface area contributed by atoms with Gasteiger partial charge in [0.2, 0.25) is 0 Å². The second-order valence-corrected chi connectivity index (χ2v) is 3.87. The van der Waals surface area contributed by atoms with E-state index >= 15 is 0 Å². The zero-order valence-corrected chi connectivity index (χ0v) is 7.78. The van der Waals surface area contributed by atoms with Crippen molar-refractivity contribution in [1.29, 1.82) is 0 Å². The Bertz CT molecular complexity index is 264. The van der Waals surface area contributed by atoms with E-state index in [-0.39, 0.29) is 25.0 Å². The molecular formula is C9H11F3O2. The van der Waals surface area contributed by atoms with Crippen LogP contribution in [-0.2, 0) is 9.59 Å². The van der Waals surface area contributed by atoms with Gasteiger partial charge in [-0.2, -0.15) is 13.2 Å². The van der Waals surface area contributed by atoms with Crippen molar-refractivity contribution < 1.29 is 22.8 Å². The molecule has 14 heavy (non-hydrogen) atoms. The van der Waals surface area contributed by atoms with Gasteiger partial charge in [-0.05, 0) is 19.8 Å². The number of halogens is 3. The van der Waals surface area contributed by atoms with Gasteiger partial charge in [0.15, 0.2) is 0 Å². The maximum atomic E-state index is 12.4. The van der Waals surface area contributed by atoms with Crippen LogP contribution in [0.25, 0.3) is 0 Å². The number of alkyl halides is 3. The van der Waals surface area contributed by atoms with Gasteiger partial charge < -0.3 is 0 Å². The van der Waals surface area contributed by atoms with Crippen LogP contribution in [0.3, 0.4) is 0 Å². The van der Waals surface area contributed by atoms with Crippen LogP contribution in [-0.4, -0.2) is 17.7 Å². The molecule has 0 aromatic rings. The number of hydrogen-bond donors (Lipinski definition) is 0. The smallest absolute Gasteiger partial charge is 0.300 e. The largest absolute Gasteiger partial charge is 0.394 e. The lowest BCUT2D eigenvalue weighted by molar-refractivity contribution is -0.190. The molecule has 1 aliphatic carbocycles. The highest BCUT2D eigenvalue weighted by atomic mass is 19.4. The topological polar surface area (TPSA) is 34.1 Å². The van der Waals surface area contributed by atoms with Gasteiger partial charge in [0, 0.05) is 6.42 Å². The van der Waals surface area contributed by atoms with Crippen molar-refractivity contribution in [3.05, 3.63) is 0 Å². The lowest BCUT2D eigenvalue weighted by Crippen LogP contribution is -2.27. The number of carbonyl (C=O) groups excluding carboxylic acids is 2. The van der Waals surface area contributed by atoms with Crippen molar-refractivity contribution in [2.45, 2.75) is 38.8 Å². The van der Waals surface area contributed by atoms with Crippen LogP contribution < -0.4 is 0 Å². The van der Waals surface area contributed by atoms with Crippen molar-refractivity contribution in [3.8, 4) is 0 Å². The minimum Gasteiger partial charge on any atom is -0.300 e. The first kappa shape index (κ1) is 11.2. The van der Waals surface area contributed by atoms with E-state index in [2.05, 4.69) is 0 Å². The third-order valence-corrected chi connectivity index (χ3v) is 2.44. The summed E-state index contributed by atoms with van der Waals surface area (Å²) in [4.78, 5) is 21.5. The lowest BCUT2D eigenvalue weighted by atomic mass is 9.96. The molecule has 0 unspecified atom stereocenters. The van der Waals surface area contributed by atoms with Crippen molar-refractivity contribution in [3.63, 3.8) is 0 Å². The standard InChI is InChI=1S/C9H11F3O2/c1-6(13)4-7(14)5-8(2-3-8)9(10,11)12/h2-5H2,1H3. The van der Waals surface area contributed by atoms with Gasteiger partial charge in [0.05, 0.1) is 11.8 Å². The summed E-state index contributed by atoms with van der Waals surface area (Å²) in [6.07, 6.45) is -5.19. The summed E-state index contributed by atoms with van der Waals surface area (Å²) in [5.74, 6) is -0.986. The highest BCUT2D eigenvalue weighted by Crippen LogP contribution is 2.60. The van der Waals surface area contributed by atoms with Crippen LogP contribution in [0.1, 0.15) is 32.6 Å². The zero-order chi connectivity index (χ0) is 11.0. The number of ketones is 2. The summed E-state index contributed by atoms with van der Waals surface area (Å²) in [6.45, 7) is 1.20. The molecule has 0 saturated heterocycles. The van der Waals surface area contributed by atoms with Gasteiger partial charge >= 0.3 is 6.18 Å². The molecule has 80 valence electrons. The maximum Gasteiger partial charge on any atom is 0.394 e. The number of Topliss-reactive ketones (excluding diaryl/α,β-unsaturated/α-hetero) is 2. The first-order valence-electron chi connectivity index (χ1n) is 4.35. The molecule has 1 fully saturated rings. The molecule has 0 radical (unpaired) electrons.